The first-order chi connectivity index (χ1) is 18.7. The average molecular weight is 501 g/mol. The minimum atomic E-state index is -0.140. The second-order valence-corrected chi connectivity index (χ2v) is 9.30. The van der Waals surface area contributed by atoms with Gasteiger partial charge in [-0.15, -0.1) is 5.10 Å². The standard InChI is InChI=1S/C31H24N4O3/c1-36-22-12-7-19(8-13-22)17-26-33-30-28-27(21-9-14-23(37-2)15-10-21)25-16-11-20-5-3-4-6-24(20)29(25)38-31(28)32-18-35(30)34-26/h3-16,18,27H,17H2,1-2H3. The van der Waals surface area contributed by atoms with Gasteiger partial charge in [-0.3, -0.25) is 0 Å². The van der Waals surface area contributed by atoms with Gasteiger partial charge < -0.3 is 14.2 Å². The molecule has 0 radical (unpaired) electrons. The van der Waals surface area contributed by atoms with E-state index >= 15 is 0 Å². The van der Waals surface area contributed by atoms with Crippen LogP contribution in [0.15, 0.2) is 91.3 Å². The van der Waals surface area contributed by atoms with Crippen LogP contribution in [0, 0.1) is 0 Å². The van der Waals surface area contributed by atoms with Gasteiger partial charge in [0, 0.05) is 23.3 Å². The first-order valence-corrected chi connectivity index (χ1v) is 12.4. The molecule has 1 aliphatic heterocycles. The average Bonchev–Trinajstić information content (AvgIpc) is 3.39. The van der Waals surface area contributed by atoms with E-state index in [0.717, 1.165) is 55.9 Å². The fourth-order valence-electron chi connectivity index (χ4n) is 5.23. The number of hydrogen-bond acceptors (Lipinski definition) is 6. The zero-order valence-electron chi connectivity index (χ0n) is 21.0. The molecule has 0 spiro atoms. The van der Waals surface area contributed by atoms with Crippen LogP contribution >= 0.6 is 0 Å². The summed E-state index contributed by atoms with van der Waals surface area (Å²) in [5.41, 5.74) is 4.90. The molecule has 1 unspecified atom stereocenters. The molecule has 0 aliphatic carbocycles. The minimum absolute atomic E-state index is 0.140. The first-order valence-electron chi connectivity index (χ1n) is 12.4. The number of aromatic nitrogens is 4. The topological polar surface area (TPSA) is 70.8 Å². The van der Waals surface area contributed by atoms with Crippen LogP contribution in [0.5, 0.6) is 23.1 Å². The molecule has 38 heavy (non-hydrogen) atoms. The van der Waals surface area contributed by atoms with Crippen molar-refractivity contribution in [1.82, 2.24) is 19.6 Å². The Kier molecular flexibility index (Phi) is 5.21. The molecule has 0 saturated carbocycles. The number of ether oxygens (including phenoxy) is 3. The molecule has 7 rings (SSSR count). The maximum atomic E-state index is 6.52. The van der Waals surface area contributed by atoms with E-state index in [2.05, 4.69) is 36.4 Å². The Morgan fingerprint density at radius 2 is 1.58 bits per heavy atom. The monoisotopic (exact) mass is 500 g/mol. The van der Waals surface area contributed by atoms with Crippen LogP contribution in [-0.4, -0.2) is 33.8 Å². The molecule has 186 valence electrons. The quantitative estimate of drug-likeness (QED) is 0.281. The smallest absolute Gasteiger partial charge is 0.228 e. The molecule has 4 aromatic carbocycles. The maximum Gasteiger partial charge on any atom is 0.228 e. The third-order valence-electron chi connectivity index (χ3n) is 7.11. The van der Waals surface area contributed by atoms with E-state index in [1.807, 2.05) is 48.5 Å². The van der Waals surface area contributed by atoms with Gasteiger partial charge in [-0.2, -0.15) is 0 Å². The third-order valence-corrected chi connectivity index (χ3v) is 7.11. The van der Waals surface area contributed by atoms with Crippen LogP contribution < -0.4 is 14.2 Å². The predicted octanol–water partition coefficient (Wildman–Crippen LogP) is 6.17. The van der Waals surface area contributed by atoms with Gasteiger partial charge in [-0.05, 0) is 40.8 Å². The highest BCUT2D eigenvalue weighted by atomic mass is 16.5. The Balaban J connectivity index is 1.40. The van der Waals surface area contributed by atoms with Crippen molar-refractivity contribution in [3.63, 3.8) is 0 Å². The van der Waals surface area contributed by atoms with Crippen molar-refractivity contribution >= 4 is 16.4 Å². The Bertz CT molecular complexity index is 1790. The molecule has 1 aliphatic rings. The summed E-state index contributed by atoms with van der Waals surface area (Å²) in [4.78, 5) is 9.69. The van der Waals surface area contributed by atoms with Crippen molar-refractivity contribution in [1.29, 1.82) is 0 Å². The molecular formula is C31H24N4O3. The number of methoxy groups -OCH3 is 2. The molecule has 7 nitrogen and oxygen atoms in total. The summed E-state index contributed by atoms with van der Waals surface area (Å²) in [6.45, 7) is 0. The van der Waals surface area contributed by atoms with Crippen molar-refractivity contribution < 1.29 is 14.2 Å². The van der Waals surface area contributed by atoms with Gasteiger partial charge in [-0.1, -0.05) is 60.7 Å². The highest BCUT2D eigenvalue weighted by molar-refractivity contribution is 5.91. The molecule has 6 aromatic rings. The first kappa shape index (κ1) is 22.3. The van der Waals surface area contributed by atoms with E-state index in [4.69, 9.17) is 29.3 Å². The Morgan fingerprint density at radius 3 is 2.34 bits per heavy atom. The van der Waals surface area contributed by atoms with Gasteiger partial charge in [0.2, 0.25) is 5.88 Å². The molecule has 0 N–H and O–H groups in total. The van der Waals surface area contributed by atoms with E-state index in [1.54, 1.807) is 25.1 Å². The number of hydrogen-bond donors (Lipinski definition) is 0. The van der Waals surface area contributed by atoms with Gasteiger partial charge >= 0.3 is 0 Å². The van der Waals surface area contributed by atoms with Crippen LogP contribution in [0.25, 0.3) is 16.4 Å². The fourth-order valence-corrected chi connectivity index (χ4v) is 5.23. The van der Waals surface area contributed by atoms with Crippen molar-refractivity contribution in [2.24, 2.45) is 0 Å². The van der Waals surface area contributed by atoms with Crippen molar-refractivity contribution in [2.75, 3.05) is 14.2 Å². The highest BCUT2D eigenvalue weighted by Gasteiger charge is 2.34. The minimum Gasteiger partial charge on any atom is -0.497 e. The van der Waals surface area contributed by atoms with Gasteiger partial charge in [0.1, 0.15) is 23.6 Å². The van der Waals surface area contributed by atoms with Crippen LogP contribution in [0.1, 0.15) is 34.0 Å². The summed E-state index contributed by atoms with van der Waals surface area (Å²) in [5, 5.41) is 6.93. The van der Waals surface area contributed by atoms with Crippen molar-refractivity contribution in [3.05, 3.63) is 119 Å². The van der Waals surface area contributed by atoms with Gasteiger partial charge in [0.25, 0.3) is 0 Å². The molecule has 0 bridgehead atoms. The van der Waals surface area contributed by atoms with E-state index < -0.39 is 0 Å². The Hall–Kier alpha value is -4.91. The van der Waals surface area contributed by atoms with Crippen LogP contribution in [0.2, 0.25) is 0 Å². The summed E-state index contributed by atoms with van der Waals surface area (Å²) in [5.74, 6) is 3.57. The number of rotatable bonds is 5. The van der Waals surface area contributed by atoms with Gasteiger partial charge in [0.15, 0.2) is 11.5 Å². The summed E-state index contributed by atoms with van der Waals surface area (Å²) >= 11 is 0. The molecule has 3 heterocycles. The Morgan fingerprint density at radius 1 is 0.842 bits per heavy atom. The van der Waals surface area contributed by atoms with Crippen LogP contribution in [-0.2, 0) is 6.42 Å². The predicted molar refractivity (Wildman–Crippen MR) is 145 cm³/mol. The molecular weight excluding hydrogens is 476 g/mol. The van der Waals surface area contributed by atoms with E-state index in [9.17, 15) is 0 Å². The maximum absolute atomic E-state index is 6.52. The van der Waals surface area contributed by atoms with E-state index in [0.29, 0.717) is 18.1 Å². The van der Waals surface area contributed by atoms with Gasteiger partial charge in [-0.25, -0.2) is 14.5 Å². The number of nitrogens with zero attached hydrogens (tertiary/aromatic N) is 4. The zero-order chi connectivity index (χ0) is 25.6. The van der Waals surface area contributed by atoms with Crippen LogP contribution in [0.4, 0.5) is 0 Å². The fraction of sp³-hybridized carbons (Fsp3) is 0.129. The lowest BCUT2D eigenvalue weighted by Gasteiger charge is -2.28. The lowest BCUT2D eigenvalue weighted by Crippen LogP contribution is -2.15. The molecule has 0 amide bonds. The second kappa shape index (κ2) is 8.88. The molecule has 7 heteroatoms. The lowest BCUT2D eigenvalue weighted by atomic mass is 9.83. The molecule has 1 atom stereocenters. The summed E-state index contributed by atoms with van der Waals surface area (Å²) in [6, 6.07) is 28.7. The van der Waals surface area contributed by atoms with Crippen molar-refractivity contribution in [3.8, 4) is 23.1 Å². The second-order valence-electron chi connectivity index (χ2n) is 9.30. The number of benzene rings is 4. The third kappa shape index (κ3) is 3.63. The van der Waals surface area contributed by atoms with Crippen LogP contribution in [0.3, 0.4) is 0 Å². The Labute approximate surface area is 219 Å². The van der Waals surface area contributed by atoms with E-state index in [-0.39, 0.29) is 5.92 Å². The number of fused-ring (bicyclic) bond motifs is 6. The normalized spacial score (nSPS) is 14.1. The largest absolute Gasteiger partial charge is 0.497 e. The summed E-state index contributed by atoms with van der Waals surface area (Å²) in [6.07, 6.45) is 2.27. The van der Waals surface area contributed by atoms with Crippen molar-refractivity contribution in [2.45, 2.75) is 12.3 Å². The zero-order valence-corrected chi connectivity index (χ0v) is 21.0. The summed E-state index contributed by atoms with van der Waals surface area (Å²) in [7, 11) is 3.34. The molecule has 0 saturated heterocycles. The summed E-state index contributed by atoms with van der Waals surface area (Å²) < 4.78 is 19.0. The SMILES string of the molecule is COc1ccc(Cc2nc3c4c(ncn3n2)Oc2c(ccc3ccccc23)C4c2ccc(OC)cc2)cc1. The van der Waals surface area contributed by atoms with Gasteiger partial charge in [0.05, 0.1) is 19.8 Å². The van der Waals surface area contributed by atoms with E-state index in [1.165, 1.54) is 0 Å². The highest BCUT2D eigenvalue weighted by Crippen LogP contribution is 2.50. The lowest BCUT2D eigenvalue weighted by molar-refractivity contribution is 0.414. The molecule has 0 fully saturated rings. The molecule has 2 aromatic heterocycles.